The maximum Gasteiger partial charge on any atom is 0.335 e. The zero-order valence-corrected chi connectivity index (χ0v) is 14.8. The number of aromatic carboxylic acids is 1. The minimum Gasteiger partial charge on any atom is -0.872 e. The van der Waals surface area contributed by atoms with Crippen LogP contribution in [0.2, 0.25) is 0 Å². The number of hydrogen-bond donors (Lipinski definition) is 2. The van der Waals surface area contributed by atoms with Crippen molar-refractivity contribution >= 4 is 28.1 Å². The number of ether oxygens (including phenoxy) is 2. The summed E-state index contributed by atoms with van der Waals surface area (Å²) >= 11 is 1.36. The maximum absolute atomic E-state index is 11.5. The predicted octanol–water partition coefficient (Wildman–Crippen LogP) is 3.34. The number of carboxylic acids is 1. The average Bonchev–Trinajstić information content (AvgIpc) is 3.11. The standard InChI is InChI=1S/C18H16N2O5S/c1-24-15-6-3-10(7-16(15)25-2)13-9-26-18(20-13)19-11-4-5-14(21)12(8-11)17(22)23/h3-9,21H,1-2H3,(H,19,20)(H,22,23)/p-1. The van der Waals surface area contributed by atoms with Gasteiger partial charge in [0.1, 0.15) is 0 Å². The van der Waals surface area contributed by atoms with Gasteiger partial charge in [-0.15, -0.1) is 11.3 Å². The summed E-state index contributed by atoms with van der Waals surface area (Å²) in [6, 6.07) is 9.52. The quantitative estimate of drug-likeness (QED) is 0.685. The van der Waals surface area contributed by atoms with E-state index in [1.165, 1.54) is 29.5 Å². The molecule has 0 spiro atoms. The smallest absolute Gasteiger partial charge is 0.335 e. The van der Waals surface area contributed by atoms with E-state index in [1.807, 2.05) is 17.5 Å². The summed E-state index contributed by atoms with van der Waals surface area (Å²) in [6.45, 7) is 0. The molecule has 0 atom stereocenters. The normalized spacial score (nSPS) is 10.4. The Hall–Kier alpha value is -3.26. The van der Waals surface area contributed by atoms with Gasteiger partial charge >= 0.3 is 5.97 Å². The summed E-state index contributed by atoms with van der Waals surface area (Å²) in [6.07, 6.45) is 0. The van der Waals surface area contributed by atoms with Gasteiger partial charge in [0.05, 0.1) is 25.5 Å². The highest BCUT2D eigenvalue weighted by molar-refractivity contribution is 7.14. The molecule has 1 heterocycles. The van der Waals surface area contributed by atoms with Crippen LogP contribution in [-0.4, -0.2) is 30.3 Å². The Balaban J connectivity index is 1.85. The van der Waals surface area contributed by atoms with E-state index in [2.05, 4.69) is 10.3 Å². The summed E-state index contributed by atoms with van der Waals surface area (Å²) in [5.74, 6) is -0.564. The summed E-state index contributed by atoms with van der Waals surface area (Å²) < 4.78 is 10.5. The molecule has 3 aromatic rings. The molecule has 26 heavy (non-hydrogen) atoms. The van der Waals surface area contributed by atoms with Crippen LogP contribution in [0, 0.1) is 0 Å². The second-order valence-electron chi connectivity index (χ2n) is 5.25. The first-order valence-electron chi connectivity index (χ1n) is 7.51. The summed E-state index contributed by atoms with van der Waals surface area (Å²) in [7, 11) is 3.14. The Morgan fingerprint density at radius 2 is 1.92 bits per heavy atom. The topological polar surface area (TPSA) is 104 Å². The molecule has 1 aromatic heterocycles. The fraction of sp³-hybridized carbons (Fsp3) is 0.111. The third kappa shape index (κ3) is 3.55. The van der Waals surface area contributed by atoms with Gasteiger partial charge in [0.2, 0.25) is 0 Å². The van der Waals surface area contributed by atoms with E-state index >= 15 is 0 Å². The highest BCUT2D eigenvalue weighted by Crippen LogP contribution is 2.34. The molecule has 0 saturated carbocycles. The van der Waals surface area contributed by atoms with Gasteiger partial charge in [-0.25, -0.2) is 9.78 Å². The summed E-state index contributed by atoms with van der Waals surface area (Å²) in [5, 5.41) is 26.0. The molecule has 7 nitrogen and oxygen atoms in total. The van der Waals surface area contributed by atoms with E-state index < -0.39 is 11.7 Å². The van der Waals surface area contributed by atoms with Crippen molar-refractivity contribution in [1.29, 1.82) is 0 Å². The van der Waals surface area contributed by atoms with Crippen LogP contribution in [-0.2, 0) is 0 Å². The highest BCUT2D eigenvalue weighted by atomic mass is 32.1. The number of hydrogen-bond acceptors (Lipinski definition) is 7. The van der Waals surface area contributed by atoms with Gasteiger partial charge in [-0.3, -0.25) is 0 Å². The van der Waals surface area contributed by atoms with Crippen molar-refractivity contribution in [3.05, 3.63) is 47.3 Å². The van der Waals surface area contributed by atoms with Crippen molar-refractivity contribution in [3.8, 4) is 28.5 Å². The van der Waals surface area contributed by atoms with Crippen LogP contribution < -0.4 is 19.9 Å². The molecule has 0 aliphatic rings. The van der Waals surface area contributed by atoms with Crippen LogP contribution in [0.3, 0.4) is 0 Å². The fourth-order valence-electron chi connectivity index (χ4n) is 2.36. The van der Waals surface area contributed by atoms with Crippen molar-refractivity contribution in [3.63, 3.8) is 0 Å². The highest BCUT2D eigenvalue weighted by Gasteiger charge is 2.10. The molecule has 0 aliphatic carbocycles. The van der Waals surface area contributed by atoms with Crippen LogP contribution in [0.4, 0.5) is 10.8 Å². The van der Waals surface area contributed by atoms with Crippen LogP contribution in [0.5, 0.6) is 17.2 Å². The minimum absolute atomic E-state index is 0.285. The Bertz CT molecular complexity index is 955. The molecule has 0 saturated heterocycles. The predicted molar refractivity (Wildman–Crippen MR) is 96.8 cm³/mol. The average molecular weight is 371 g/mol. The molecule has 0 aliphatic heterocycles. The molecule has 2 aromatic carbocycles. The van der Waals surface area contributed by atoms with Gasteiger partial charge in [-0.2, -0.15) is 0 Å². The summed E-state index contributed by atoms with van der Waals surface area (Å²) in [4.78, 5) is 15.6. The number of carbonyl (C=O) groups is 1. The van der Waals surface area contributed by atoms with E-state index in [0.29, 0.717) is 22.3 Å². The number of carboxylic acid groups (broad SMARTS) is 1. The van der Waals surface area contributed by atoms with E-state index in [0.717, 1.165) is 11.3 Å². The zero-order chi connectivity index (χ0) is 18.7. The van der Waals surface area contributed by atoms with E-state index in [-0.39, 0.29) is 5.56 Å². The lowest BCUT2D eigenvalue weighted by Gasteiger charge is -2.11. The van der Waals surface area contributed by atoms with Crippen molar-refractivity contribution < 1.29 is 24.5 Å². The zero-order valence-electron chi connectivity index (χ0n) is 14.0. The molecular weight excluding hydrogens is 356 g/mol. The fourth-order valence-corrected chi connectivity index (χ4v) is 3.10. The SMILES string of the molecule is COc1ccc(-c2csc(Nc3ccc([O-])c(C(=O)O)c3)n2)cc1OC. The van der Waals surface area contributed by atoms with Gasteiger partial charge in [0.15, 0.2) is 16.6 Å². The van der Waals surface area contributed by atoms with Crippen LogP contribution >= 0.6 is 11.3 Å². The number of benzene rings is 2. The number of anilines is 2. The van der Waals surface area contributed by atoms with Crippen molar-refractivity contribution in [2.24, 2.45) is 0 Å². The second kappa shape index (κ2) is 7.32. The van der Waals surface area contributed by atoms with Gasteiger partial charge < -0.3 is 25.0 Å². The van der Waals surface area contributed by atoms with Crippen LogP contribution in [0.15, 0.2) is 41.8 Å². The maximum atomic E-state index is 11.5. The van der Waals surface area contributed by atoms with E-state index in [9.17, 15) is 9.90 Å². The number of rotatable bonds is 6. The molecule has 8 heteroatoms. The third-order valence-electron chi connectivity index (χ3n) is 3.64. The number of nitrogens with zero attached hydrogens (tertiary/aromatic N) is 1. The first kappa shape index (κ1) is 17.6. The number of thiazole rings is 1. The lowest BCUT2D eigenvalue weighted by Crippen LogP contribution is -2.04. The Kier molecular flexibility index (Phi) is 4.94. The van der Waals surface area contributed by atoms with E-state index in [4.69, 9.17) is 14.6 Å². The summed E-state index contributed by atoms with van der Waals surface area (Å²) in [5.41, 5.74) is 1.78. The number of aromatic nitrogens is 1. The molecule has 0 radical (unpaired) electrons. The van der Waals surface area contributed by atoms with Gasteiger partial charge in [0.25, 0.3) is 0 Å². The molecule has 3 rings (SSSR count). The molecule has 0 bridgehead atoms. The van der Waals surface area contributed by atoms with Gasteiger partial charge in [0, 0.05) is 16.6 Å². The monoisotopic (exact) mass is 371 g/mol. The van der Waals surface area contributed by atoms with Crippen LogP contribution in [0.25, 0.3) is 11.3 Å². The van der Waals surface area contributed by atoms with Crippen molar-refractivity contribution in [1.82, 2.24) is 4.98 Å². The lowest BCUT2D eigenvalue weighted by atomic mass is 10.1. The van der Waals surface area contributed by atoms with Gasteiger partial charge in [-0.05, 0) is 30.3 Å². The molecule has 0 amide bonds. The Morgan fingerprint density at radius 3 is 2.62 bits per heavy atom. The van der Waals surface area contributed by atoms with Gasteiger partial charge in [-0.1, -0.05) is 11.8 Å². The molecular formula is C18H15N2O5S-. The second-order valence-corrected chi connectivity index (χ2v) is 6.11. The minimum atomic E-state index is -1.26. The van der Waals surface area contributed by atoms with Crippen molar-refractivity contribution in [2.45, 2.75) is 0 Å². The van der Waals surface area contributed by atoms with E-state index in [1.54, 1.807) is 20.3 Å². The molecule has 0 unspecified atom stereocenters. The molecule has 134 valence electrons. The number of methoxy groups -OCH3 is 2. The van der Waals surface area contributed by atoms with Crippen LogP contribution in [0.1, 0.15) is 10.4 Å². The largest absolute Gasteiger partial charge is 0.872 e. The Labute approximate surface area is 153 Å². The number of nitrogens with one attached hydrogen (secondary N) is 1. The first-order chi connectivity index (χ1) is 12.5. The van der Waals surface area contributed by atoms with Crippen molar-refractivity contribution in [2.75, 3.05) is 19.5 Å². The third-order valence-corrected chi connectivity index (χ3v) is 4.40. The first-order valence-corrected chi connectivity index (χ1v) is 8.39. The Morgan fingerprint density at radius 1 is 1.15 bits per heavy atom. The molecule has 0 fully saturated rings. The molecule has 2 N–H and O–H groups in total. The lowest BCUT2D eigenvalue weighted by molar-refractivity contribution is -0.268.